The van der Waals surface area contributed by atoms with Crippen LogP contribution in [-0.4, -0.2) is 16.9 Å². The highest BCUT2D eigenvalue weighted by Crippen LogP contribution is 2.61. The lowest BCUT2D eigenvalue weighted by Crippen LogP contribution is -2.29. The van der Waals surface area contributed by atoms with Crippen LogP contribution in [0.3, 0.4) is 0 Å². The summed E-state index contributed by atoms with van der Waals surface area (Å²) in [6, 6.07) is 1.12. The maximum Gasteiger partial charge on any atom is 0.417 e. The van der Waals surface area contributed by atoms with Crippen LogP contribution in [-0.2, 0) is 11.0 Å². The average molecular weight is 313 g/mol. The quantitative estimate of drug-likeness (QED) is 0.882. The summed E-state index contributed by atoms with van der Waals surface area (Å²) in [5, 5.41) is 2.57. The number of pyridine rings is 1. The molecule has 3 rings (SSSR count). The highest BCUT2D eigenvalue weighted by atomic mass is 19.4. The molecule has 2 aliphatic carbocycles. The molecule has 0 radical (unpaired) electrons. The monoisotopic (exact) mass is 313 g/mol. The lowest BCUT2D eigenvalue weighted by Gasteiger charge is -2.26. The predicted molar refractivity (Wildman–Crippen MR) is 74.9 cm³/mol. The Balaban J connectivity index is 1.64. The number of rotatable bonds is 2. The fraction of sp³-hybridized carbons (Fsp3) is 0.600. The molecule has 120 valence electrons. The molecule has 2 saturated carbocycles. The molecule has 2 fully saturated rings. The van der Waals surface area contributed by atoms with Crippen molar-refractivity contribution in [3.05, 3.63) is 24.0 Å². The van der Waals surface area contributed by atoms with Gasteiger partial charge in [0.2, 0.25) is 5.91 Å². The Morgan fingerprint density at radius 1 is 1.32 bits per heavy atom. The Hall–Kier alpha value is -1.63. The summed E-state index contributed by atoms with van der Waals surface area (Å²) in [6.07, 6.45) is 1.99. The first-order chi connectivity index (χ1) is 10.3. The molecule has 1 aromatic rings. The summed E-state index contributed by atoms with van der Waals surface area (Å²) in [4.78, 5) is 15.8. The molecule has 7 heteroatoms. The van der Waals surface area contributed by atoms with Crippen LogP contribution in [0.4, 0.5) is 18.9 Å². The van der Waals surface area contributed by atoms with Crippen molar-refractivity contribution in [1.82, 2.24) is 4.98 Å². The van der Waals surface area contributed by atoms with Crippen LogP contribution in [0.15, 0.2) is 18.5 Å². The minimum atomic E-state index is -4.46. The van der Waals surface area contributed by atoms with E-state index in [-0.39, 0.29) is 29.0 Å². The second kappa shape index (κ2) is 5.22. The fourth-order valence-electron chi connectivity index (χ4n) is 3.38. The number of halogens is 3. The molecular weight excluding hydrogens is 295 g/mol. The Bertz CT molecular complexity index is 580. The zero-order valence-corrected chi connectivity index (χ0v) is 12.0. The summed E-state index contributed by atoms with van der Waals surface area (Å²) in [5.41, 5.74) is 5.12. The van der Waals surface area contributed by atoms with Gasteiger partial charge in [-0.1, -0.05) is 0 Å². The van der Waals surface area contributed by atoms with Crippen LogP contribution in [0.5, 0.6) is 0 Å². The van der Waals surface area contributed by atoms with Gasteiger partial charge in [0.25, 0.3) is 0 Å². The van der Waals surface area contributed by atoms with Gasteiger partial charge < -0.3 is 11.1 Å². The number of amides is 1. The van der Waals surface area contributed by atoms with Crippen molar-refractivity contribution in [3.8, 4) is 0 Å². The zero-order chi connectivity index (χ0) is 16.0. The van der Waals surface area contributed by atoms with E-state index in [2.05, 4.69) is 10.3 Å². The SMILES string of the molecule is NC1CCC2(CC1)CC2C(=O)Nc1cncc(C(F)(F)F)c1. The molecule has 0 saturated heterocycles. The number of nitrogens with two attached hydrogens (primary N) is 1. The molecule has 1 aromatic heterocycles. The molecule has 4 nitrogen and oxygen atoms in total. The number of alkyl halides is 3. The number of hydrogen-bond acceptors (Lipinski definition) is 3. The molecule has 0 bridgehead atoms. The number of nitrogens with one attached hydrogen (secondary N) is 1. The lowest BCUT2D eigenvalue weighted by atomic mass is 9.82. The summed E-state index contributed by atoms with van der Waals surface area (Å²) < 4.78 is 37.9. The van der Waals surface area contributed by atoms with E-state index in [1.54, 1.807) is 0 Å². The summed E-state index contributed by atoms with van der Waals surface area (Å²) in [6.45, 7) is 0. The van der Waals surface area contributed by atoms with E-state index in [0.29, 0.717) is 0 Å². The Kier molecular flexibility index (Phi) is 3.63. The van der Waals surface area contributed by atoms with Crippen molar-refractivity contribution < 1.29 is 18.0 Å². The van der Waals surface area contributed by atoms with E-state index in [1.165, 1.54) is 6.20 Å². The maximum atomic E-state index is 12.6. The van der Waals surface area contributed by atoms with E-state index < -0.39 is 11.7 Å². The van der Waals surface area contributed by atoms with Gasteiger partial charge >= 0.3 is 6.18 Å². The van der Waals surface area contributed by atoms with Gasteiger partial charge in [-0.25, -0.2) is 0 Å². The number of carbonyl (C=O) groups is 1. The van der Waals surface area contributed by atoms with Crippen molar-refractivity contribution >= 4 is 11.6 Å². The normalized spacial score (nSPS) is 31.1. The lowest BCUT2D eigenvalue weighted by molar-refractivity contribution is -0.137. The fourth-order valence-corrected chi connectivity index (χ4v) is 3.38. The minimum Gasteiger partial charge on any atom is -0.328 e. The molecule has 1 atom stereocenters. The minimum absolute atomic E-state index is 0.0228. The summed E-state index contributed by atoms with van der Waals surface area (Å²) in [5.74, 6) is -0.328. The van der Waals surface area contributed by atoms with Crippen molar-refractivity contribution in [1.29, 1.82) is 0 Å². The van der Waals surface area contributed by atoms with Gasteiger partial charge in [-0.3, -0.25) is 9.78 Å². The first kappa shape index (κ1) is 15.3. The molecule has 0 aliphatic heterocycles. The maximum absolute atomic E-state index is 12.6. The van der Waals surface area contributed by atoms with Crippen LogP contribution in [0.1, 0.15) is 37.7 Å². The number of hydrogen-bond donors (Lipinski definition) is 2. The summed E-state index contributed by atoms with van der Waals surface area (Å²) in [7, 11) is 0. The van der Waals surface area contributed by atoms with Crippen LogP contribution in [0.2, 0.25) is 0 Å². The van der Waals surface area contributed by atoms with E-state index in [9.17, 15) is 18.0 Å². The molecule has 1 unspecified atom stereocenters. The predicted octanol–water partition coefficient (Wildman–Crippen LogP) is 2.95. The second-order valence-corrected chi connectivity index (χ2v) is 6.41. The third-order valence-corrected chi connectivity index (χ3v) is 4.87. The first-order valence-corrected chi connectivity index (χ1v) is 7.39. The third-order valence-electron chi connectivity index (χ3n) is 4.87. The molecule has 1 heterocycles. The Labute approximate surface area is 126 Å². The van der Waals surface area contributed by atoms with E-state index in [4.69, 9.17) is 5.73 Å². The van der Waals surface area contributed by atoms with Crippen LogP contribution >= 0.6 is 0 Å². The van der Waals surface area contributed by atoms with Gasteiger partial charge in [0.1, 0.15) is 0 Å². The number of aromatic nitrogens is 1. The Morgan fingerprint density at radius 2 is 2.00 bits per heavy atom. The largest absolute Gasteiger partial charge is 0.417 e. The summed E-state index contributed by atoms with van der Waals surface area (Å²) >= 11 is 0. The van der Waals surface area contributed by atoms with E-state index >= 15 is 0 Å². The topological polar surface area (TPSA) is 68.0 Å². The smallest absolute Gasteiger partial charge is 0.328 e. The number of anilines is 1. The third kappa shape index (κ3) is 2.95. The molecule has 22 heavy (non-hydrogen) atoms. The molecule has 0 aromatic carbocycles. The molecular formula is C15H18F3N3O. The van der Waals surface area contributed by atoms with Crippen molar-refractivity contribution in [2.24, 2.45) is 17.1 Å². The highest BCUT2D eigenvalue weighted by molar-refractivity contribution is 5.95. The second-order valence-electron chi connectivity index (χ2n) is 6.41. The highest BCUT2D eigenvalue weighted by Gasteiger charge is 2.58. The average Bonchev–Trinajstić information content (AvgIpc) is 3.16. The van der Waals surface area contributed by atoms with Crippen LogP contribution < -0.4 is 11.1 Å². The zero-order valence-electron chi connectivity index (χ0n) is 12.0. The van der Waals surface area contributed by atoms with Gasteiger partial charge in [-0.15, -0.1) is 0 Å². The molecule has 2 aliphatic rings. The van der Waals surface area contributed by atoms with Crippen LogP contribution in [0, 0.1) is 11.3 Å². The first-order valence-electron chi connectivity index (χ1n) is 7.39. The van der Waals surface area contributed by atoms with Gasteiger partial charge in [0.15, 0.2) is 0 Å². The van der Waals surface area contributed by atoms with Gasteiger partial charge in [0.05, 0.1) is 17.4 Å². The standard InChI is InChI=1S/C15H18F3N3O/c16-15(17,18)9-5-11(8-20-7-9)21-13(22)12-6-14(12)3-1-10(19)2-4-14/h5,7-8,10,12H,1-4,6,19H2,(H,21,22). The van der Waals surface area contributed by atoms with Gasteiger partial charge in [-0.2, -0.15) is 13.2 Å². The Morgan fingerprint density at radius 3 is 2.64 bits per heavy atom. The number of nitrogens with zero attached hydrogens (tertiary/aromatic N) is 1. The van der Waals surface area contributed by atoms with E-state index in [1.807, 2.05) is 0 Å². The van der Waals surface area contributed by atoms with Crippen molar-refractivity contribution in [2.45, 2.75) is 44.3 Å². The van der Waals surface area contributed by atoms with Gasteiger partial charge in [0, 0.05) is 18.2 Å². The van der Waals surface area contributed by atoms with E-state index in [0.717, 1.165) is 44.4 Å². The van der Waals surface area contributed by atoms with Crippen LogP contribution in [0.25, 0.3) is 0 Å². The van der Waals surface area contributed by atoms with Crippen molar-refractivity contribution in [3.63, 3.8) is 0 Å². The number of carbonyl (C=O) groups excluding carboxylic acids is 1. The molecule has 3 N–H and O–H groups in total. The molecule has 1 amide bonds. The van der Waals surface area contributed by atoms with Gasteiger partial charge in [-0.05, 0) is 43.6 Å². The molecule has 1 spiro atoms. The van der Waals surface area contributed by atoms with Crippen molar-refractivity contribution in [2.75, 3.05) is 5.32 Å².